The molecule has 7 heteroatoms. The number of ether oxygens (including phenoxy) is 1. The molecule has 2 unspecified atom stereocenters. The first-order chi connectivity index (χ1) is 5.56. The van der Waals surface area contributed by atoms with Crippen LogP contribution in [0.2, 0.25) is 0 Å². The van der Waals surface area contributed by atoms with Crippen molar-refractivity contribution in [2.45, 2.75) is 18.9 Å². The predicted octanol–water partition coefficient (Wildman–Crippen LogP) is 0.658. The highest BCUT2D eigenvalue weighted by Crippen LogP contribution is 2.06. The molecule has 2 atom stereocenters. The Balaban J connectivity index is 3.61. The molecule has 0 heterocycles. The largest absolute Gasteiger partial charge is 0.466 e. The van der Waals surface area contributed by atoms with Crippen LogP contribution in [0, 0.1) is 0 Å². The number of alkyl halides is 1. The molecule has 0 saturated carbocycles. The van der Waals surface area contributed by atoms with Crippen molar-refractivity contribution in [2.75, 3.05) is 6.61 Å². The molecule has 0 aromatic carbocycles. The van der Waals surface area contributed by atoms with Crippen LogP contribution in [-0.2, 0) is 25.1 Å². The monoisotopic (exact) mass is 216 g/mol. The van der Waals surface area contributed by atoms with E-state index < -0.39 is 22.9 Å². The van der Waals surface area contributed by atoms with Crippen LogP contribution in [0.25, 0.3) is 0 Å². The molecule has 5 nitrogen and oxygen atoms in total. The fourth-order valence-corrected chi connectivity index (χ4v) is 1.03. The van der Waals surface area contributed by atoms with Gasteiger partial charge in [0.1, 0.15) is 0 Å². The standard InChI is InChI=1S/C5H9ClO5S/c1-2-10-5(7)3-4(6)11-12(8)9/h4H,2-3H2,1H3,(H,8,9). The topological polar surface area (TPSA) is 72.8 Å². The Kier molecular flexibility index (Phi) is 6.27. The van der Waals surface area contributed by atoms with Gasteiger partial charge < -0.3 is 4.74 Å². The van der Waals surface area contributed by atoms with Gasteiger partial charge in [-0.05, 0) is 6.92 Å². The first kappa shape index (κ1) is 11.8. The number of carbonyl (C=O) groups is 1. The third kappa shape index (κ3) is 6.53. The first-order valence-electron chi connectivity index (χ1n) is 3.14. The van der Waals surface area contributed by atoms with E-state index in [0.717, 1.165) is 0 Å². The van der Waals surface area contributed by atoms with Crippen molar-refractivity contribution in [1.82, 2.24) is 0 Å². The molecule has 72 valence electrons. The van der Waals surface area contributed by atoms with Gasteiger partial charge in [-0.3, -0.25) is 9.35 Å². The Labute approximate surface area is 77.5 Å². The zero-order chi connectivity index (χ0) is 9.56. The van der Waals surface area contributed by atoms with Crippen LogP contribution in [0.3, 0.4) is 0 Å². The normalized spacial score (nSPS) is 15.2. The second-order valence-corrected chi connectivity index (χ2v) is 2.85. The third-order valence-electron chi connectivity index (χ3n) is 0.819. The maximum atomic E-state index is 10.7. The molecule has 0 fully saturated rings. The van der Waals surface area contributed by atoms with Crippen molar-refractivity contribution in [3.8, 4) is 0 Å². The van der Waals surface area contributed by atoms with E-state index in [-0.39, 0.29) is 13.0 Å². The maximum Gasteiger partial charge on any atom is 0.309 e. The van der Waals surface area contributed by atoms with E-state index in [1.54, 1.807) is 6.92 Å². The Hall–Kier alpha value is -0.170. The summed E-state index contributed by atoms with van der Waals surface area (Å²) in [4.78, 5) is 10.7. The highest BCUT2D eigenvalue weighted by atomic mass is 35.5. The minimum absolute atomic E-state index is 0.241. The van der Waals surface area contributed by atoms with Crippen LogP contribution in [0.1, 0.15) is 13.3 Å². The number of carbonyl (C=O) groups excluding carboxylic acids is 1. The summed E-state index contributed by atoms with van der Waals surface area (Å²) in [6, 6.07) is 0. The zero-order valence-corrected chi connectivity index (χ0v) is 7.93. The van der Waals surface area contributed by atoms with Crippen molar-refractivity contribution in [3.05, 3.63) is 0 Å². The van der Waals surface area contributed by atoms with Crippen LogP contribution in [0.5, 0.6) is 0 Å². The third-order valence-corrected chi connectivity index (χ3v) is 1.57. The van der Waals surface area contributed by atoms with Crippen molar-refractivity contribution < 1.29 is 22.5 Å². The van der Waals surface area contributed by atoms with Gasteiger partial charge in [-0.1, -0.05) is 11.6 Å². The second-order valence-electron chi connectivity index (χ2n) is 1.73. The SMILES string of the molecule is CCOC(=O)CC(Cl)OS(=O)O. The molecule has 0 rings (SSSR count). The van der Waals surface area contributed by atoms with Crippen LogP contribution in [0.4, 0.5) is 0 Å². The molecule has 0 bridgehead atoms. The minimum atomic E-state index is -2.46. The molecule has 0 aliphatic rings. The molecule has 0 saturated heterocycles. The van der Waals surface area contributed by atoms with Crippen LogP contribution in [0.15, 0.2) is 0 Å². The van der Waals surface area contributed by atoms with E-state index >= 15 is 0 Å². The average Bonchev–Trinajstić information content (AvgIpc) is 1.84. The van der Waals surface area contributed by atoms with Gasteiger partial charge in [-0.25, -0.2) is 4.18 Å². The lowest BCUT2D eigenvalue weighted by molar-refractivity contribution is -0.144. The van der Waals surface area contributed by atoms with E-state index in [2.05, 4.69) is 8.92 Å². The molecule has 0 aromatic heterocycles. The van der Waals surface area contributed by atoms with E-state index in [4.69, 9.17) is 16.2 Å². The van der Waals surface area contributed by atoms with Gasteiger partial charge in [-0.2, -0.15) is 4.21 Å². The van der Waals surface area contributed by atoms with E-state index in [1.165, 1.54) is 0 Å². The maximum absolute atomic E-state index is 10.7. The fourth-order valence-electron chi connectivity index (χ4n) is 0.474. The van der Waals surface area contributed by atoms with Crippen molar-refractivity contribution in [2.24, 2.45) is 0 Å². The molecule has 0 amide bonds. The first-order valence-corrected chi connectivity index (χ1v) is 4.60. The molecular weight excluding hydrogens is 208 g/mol. The average molecular weight is 217 g/mol. The molecule has 0 spiro atoms. The van der Waals surface area contributed by atoms with Gasteiger partial charge in [0.25, 0.3) is 0 Å². The van der Waals surface area contributed by atoms with Crippen molar-refractivity contribution in [1.29, 1.82) is 0 Å². The van der Waals surface area contributed by atoms with Crippen LogP contribution < -0.4 is 0 Å². The Morgan fingerprint density at radius 1 is 1.75 bits per heavy atom. The fraction of sp³-hybridized carbons (Fsp3) is 0.800. The molecule has 0 aliphatic carbocycles. The number of rotatable bonds is 5. The van der Waals surface area contributed by atoms with E-state index in [1.807, 2.05) is 0 Å². The van der Waals surface area contributed by atoms with Crippen LogP contribution >= 0.6 is 11.6 Å². The summed E-state index contributed by atoms with van der Waals surface area (Å²) in [7, 11) is 0. The second kappa shape index (κ2) is 6.36. The Morgan fingerprint density at radius 2 is 2.33 bits per heavy atom. The summed E-state index contributed by atoms with van der Waals surface area (Å²) in [5.74, 6) is -0.567. The molecular formula is C5H9ClO5S. The van der Waals surface area contributed by atoms with Gasteiger partial charge in [0.15, 0.2) is 5.56 Å². The lowest BCUT2D eigenvalue weighted by Gasteiger charge is -2.05. The summed E-state index contributed by atoms with van der Waals surface area (Å²) in [6.07, 6.45) is -0.248. The highest BCUT2D eigenvalue weighted by molar-refractivity contribution is 7.74. The van der Waals surface area contributed by atoms with Gasteiger partial charge >= 0.3 is 17.3 Å². The smallest absolute Gasteiger partial charge is 0.309 e. The lowest BCUT2D eigenvalue weighted by atomic mass is 10.5. The summed E-state index contributed by atoms with van der Waals surface area (Å²) in [5, 5.41) is 0. The number of hydrogen-bond donors (Lipinski definition) is 1. The van der Waals surface area contributed by atoms with Gasteiger partial charge in [-0.15, -0.1) is 0 Å². The predicted molar refractivity (Wildman–Crippen MR) is 42.7 cm³/mol. The van der Waals surface area contributed by atoms with Crippen molar-refractivity contribution in [3.63, 3.8) is 0 Å². The Morgan fingerprint density at radius 3 is 2.75 bits per heavy atom. The number of halogens is 1. The highest BCUT2D eigenvalue weighted by Gasteiger charge is 2.14. The van der Waals surface area contributed by atoms with Crippen LogP contribution in [-0.4, -0.2) is 26.9 Å². The zero-order valence-electron chi connectivity index (χ0n) is 6.36. The number of esters is 1. The number of hydrogen-bond acceptors (Lipinski definition) is 4. The molecule has 0 aliphatic heterocycles. The minimum Gasteiger partial charge on any atom is -0.466 e. The summed E-state index contributed by atoms with van der Waals surface area (Å²) < 4.78 is 26.9. The summed E-state index contributed by atoms with van der Waals surface area (Å²) in [5.41, 5.74) is -1.13. The lowest BCUT2D eigenvalue weighted by Crippen LogP contribution is -2.15. The summed E-state index contributed by atoms with van der Waals surface area (Å²) in [6.45, 7) is 1.89. The van der Waals surface area contributed by atoms with Gasteiger partial charge in [0.2, 0.25) is 0 Å². The molecule has 1 N–H and O–H groups in total. The van der Waals surface area contributed by atoms with Gasteiger partial charge in [0, 0.05) is 0 Å². The van der Waals surface area contributed by atoms with Gasteiger partial charge in [0.05, 0.1) is 13.0 Å². The summed E-state index contributed by atoms with van der Waals surface area (Å²) >= 11 is 2.87. The molecule has 0 radical (unpaired) electrons. The molecule has 12 heavy (non-hydrogen) atoms. The molecule has 0 aromatic rings. The van der Waals surface area contributed by atoms with Crippen molar-refractivity contribution >= 4 is 28.9 Å². The van der Waals surface area contributed by atoms with E-state index in [9.17, 15) is 9.00 Å². The quantitative estimate of drug-likeness (QED) is 0.415. The Bertz CT molecular complexity index is 173. The van der Waals surface area contributed by atoms with E-state index in [0.29, 0.717) is 0 Å².